The first-order valence-electron chi connectivity index (χ1n) is 8.24. The highest BCUT2D eigenvalue weighted by atomic mass is 16.5. The van der Waals surface area contributed by atoms with Crippen LogP contribution in [0.5, 0.6) is 11.5 Å². The first-order chi connectivity index (χ1) is 11.7. The summed E-state index contributed by atoms with van der Waals surface area (Å²) in [7, 11) is 2.08. The summed E-state index contributed by atoms with van der Waals surface area (Å²) in [6, 6.07) is 17.3. The number of hydrogen-bond acceptors (Lipinski definition) is 4. The molecule has 2 aromatic carbocycles. The lowest BCUT2D eigenvalue weighted by molar-refractivity contribution is -0.130. The molecule has 0 bridgehead atoms. The van der Waals surface area contributed by atoms with E-state index in [9.17, 15) is 4.79 Å². The highest BCUT2D eigenvalue weighted by molar-refractivity contribution is 5.81. The number of amides is 1. The summed E-state index contributed by atoms with van der Waals surface area (Å²) in [6.07, 6.45) is 0. The van der Waals surface area contributed by atoms with Crippen LogP contribution in [0.1, 0.15) is 0 Å². The maximum atomic E-state index is 12.2. The summed E-state index contributed by atoms with van der Waals surface area (Å²) >= 11 is 0. The lowest BCUT2D eigenvalue weighted by Gasteiger charge is -2.32. The second kappa shape index (κ2) is 7.84. The number of anilines is 1. The van der Waals surface area contributed by atoms with Crippen molar-refractivity contribution in [2.24, 2.45) is 0 Å². The quantitative estimate of drug-likeness (QED) is 0.918. The average Bonchev–Trinajstić information content (AvgIpc) is 2.62. The third-order valence-electron chi connectivity index (χ3n) is 4.13. The van der Waals surface area contributed by atoms with Crippen molar-refractivity contribution in [3.05, 3.63) is 54.6 Å². The third kappa shape index (κ3) is 4.49. The fourth-order valence-electron chi connectivity index (χ4n) is 2.61. The van der Waals surface area contributed by atoms with Crippen LogP contribution in [0, 0.1) is 0 Å². The van der Waals surface area contributed by atoms with Crippen LogP contribution in [0.4, 0.5) is 5.69 Å². The summed E-state index contributed by atoms with van der Waals surface area (Å²) < 4.78 is 5.76. The third-order valence-corrected chi connectivity index (χ3v) is 4.13. The van der Waals surface area contributed by atoms with E-state index in [4.69, 9.17) is 4.74 Å². The van der Waals surface area contributed by atoms with Crippen molar-refractivity contribution >= 4 is 11.6 Å². The van der Waals surface area contributed by atoms with Crippen LogP contribution in [-0.2, 0) is 4.79 Å². The van der Waals surface area contributed by atoms with Gasteiger partial charge in [-0.2, -0.15) is 0 Å². The van der Waals surface area contributed by atoms with Gasteiger partial charge in [-0.3, -0.25) is 4.79 Å². The highest BCUT2D eigenvalue weighted by Gasteiger charge is 2.18. The first-order valence-corrected chi connectivity index (χ1v) is 8.24. The molecular formula is C19H23N3O2. The van der Waals surface area contributed by atoms with Gasteiger partial charge in [0, 0.05) is 31.9 Å². The molecule has 1 fully saturated rings. The predicted molar refractivity (Wildman–Crippen MR) is 95.5 cm³/mol. The Balaban J connectivity index is 1.48. The number of piperazine rings is 1. The van der Waals surface area contributed by atoms with Gasteiger partial charge in [0.05, 0.1) is 6.54 Å². The summed E-state index contributed by atoms with van der Waals surface area (Å²) in [6.45, 7) is 3.82. The molecule has 0 spiro atoms. The van der Waals surface area contributed by atoms with Gasteiger partial charge in [0.2, 0.25) is 5.91 Å². The fourth-order valence-corrected chi connectivity index (χ4v) is 2.61. The van der Waals surface area contributed by atoms with Crippen LogP contribution in [0.2, 0.25) is 0 Å². The molecule has 5 heteroatoms. The Hall–Kier alpha value is -2.53. The second-order valence-corrected chi connectivity index (χ2v) is 5.98. The van der Waals surface area contributed by atoms with Gasteiger partial charge >= 0.3 is 0 Å². The Labute approximate surface area is 142 Å². The van der Waals surface area contributed by atoms with E-state index in [0.29, 0.717) is 6.54 Å². The van der Waals surface area contributed by atoms with Crippen LogP contribution in [0.25, 0.3) is 0 Å². The SMILES string of the molecule is CN1CCN(C(=O)CNc2ccc(Oc3ccccc3)cc2)CC1. The minimum Gasteiger partial charge on any atom is -0.457 e. The van der Waals surface area contributed by atoms with Gasteiger partial charge in [0.1, 0.15) is 11.5 Å². The number of carbonyl (C=O) groups is 1. The number of nitrogens with one attached hydrogen (secondary N) is 1. The first kappa shape index (κ1) is 16.3. The van der Waals surface area contributed by atoms with Crippen LogP contribution >= 0.6 is 0 Å². The number of ether oxygens (including phenoxy) is 1. The molecule has 2 aromatic rings. The number of para-hydroxylation sites is 1. The molecule has 1 N–H and O–H groups in total. The standard InChI is InChI=1S/C19H23N3O2/c1-21-11-13-22(14-12-21)19(23)15-20-16-7-9-18(10-8-16)24-17-5-3-2-4-6-17/h2-10,20H,11-15H2,1H3. The van der Waals surface area contributed by atoms with Crippen LogP contribution in [0.3, 0.4) is 0 Å². The van der Waals surface area contributed by atoms with Gasteiger partial charge < -0.3 is 19.9 Å². The van der Waals surface area contributed by atoms with Crippen LogP contribution < -0.4 is 10.1 Å². The maximum Gasteiger partial charge on any atom is 0.241 e. The molecule has 1 heterocycles. The topological polar surface area (TPSA) is 44.8 Å². The Bertz CT molecular complexity index is 650. The monoisotopic (exact) mass is 325 g/mol. The molecule has 1 amide bonds. The molecular weight excluding hydrogens is 302 g/mol. The zero-order valence-corrected chi connectivity index (χ0v) is 13.9. The number of carbonyl (C=O) groups excluding carboxylic acids is 1. The van der Waals surface area contributed by atoms with Gasteiger partial charge in [-0.15, -0.1) is 0 Å². The highest BCUT2D eigenvalue weighted by Crippen LogP contribution is 2.22. The van der Waals surface area contributed by atoms with Crippen molar-refractivity contribution in [3.63, 3.8) is 0 Å². The molecule has 126 valence electrons. The fraction of sp³-hybridized carbons (Fsp3) is 0.316. The molecule has 0 aliphatic carbocycles. The molecule has 1 saturated heterocycles. The van der Waals surface area contributed by atoms with Gasteiger partial charge in [0.15, 0.2) is 0 Å². The molecule has 0 saturated carbocycles. The van der Waals surface area contributed by atoms with E-state index in [1.165, 1.54) is 0 Å². The molecule has 1 aliphatic heterocycles. The Morgan fingerprint density at radius 2 is 1.58 bits per heavy atom. The van der Waals surface area contributed by atoms with Crippen molar-refractivity contribution in [1.29, 1.82) is 0 Å². The van der Waals surface area contributed by atoms with Crippen molar-refractivity contribution in [2.45, 2.75) is 0 Å². The number of rotatable bonds is 5. The number of benzene rings is 2. The average molecular weight is 325 g/mol. The van der Waals surface area contributed by atoms with Gasteiger partial charge in [0.25, 0.3) is 0 Å². The summed E-state index contributed by atoms with van der Waals surface area (Å²) in [5, 5.41) is 3.18. The minimum atomic E-state index is 0.146. The normalized spacial score (nSPS) is 15.1. The van der Waals surface area contributed by atoms with Crippen molar-refractivity contribution in [1.82, 2.24) is 9.80 Å². The lowest BCUT2D eigenvalue weighted by atomic mass is 10.3. The van der Waals surface area contributed by atoms with E-state index in [1.54, 1.807) is 0 Å². The van der Waals surface area contributed by atoms with E-state index in [2.05, 4.69) is 17.3 Å². The molecule has 5 nitrogen and oxygen atoms in total. The number of hydrogen-bond donors (Lipinski definition) is 1. The van der Waals surface area contributed by atoms with Gasteiger partial charge in [-0.25, -0.2) is 0 Å². The summed E-state index contributed by atoms with van der Waals surface area (Å²) in [5.74, 6) is 1.73. The lowest BCUT2D eigenvalue weighted by Crippen LogP contribution is -2.48. The van der Waals surface area contributed by atoms with Crippen molar-refractivity contribution in [3.8, 4) is 11.5 Å². The molecule has 24 heavy (non-hydrogen) atoms. The van der Waals surface area contributed by atoms with Crippen LogP contribution in [-0.4, -0.2) is 55.5 Å². The van der Waals surface area contributed by atoms with E-state index in [0.717, 1.165) is 43.4 Å². The zero-order chi connectivity index (χ0) is 16.8. The van der Waals surface area contributed by atoms with Crippen LogP contribution in [0.15, 0.2) is 54.6 Å². The second-order valence-electron chi connectivity index (χ2n) is 5.98. The Morgan fingerprint density at radius 1 is 0.958 bits per heavy atom. The summed E-state index contributed by atoms with van der Waals surface area (Å²) in [4.78, 5) is 16.4. The van der Waals surface area contributed by atoms with E-state index < -0.39 is 0 Å². The van der Waals surface area contributed by atoms with Gasteiger partial charge in [-0.05, 0) is 43.4 Å². The molecule has 0 radical (unpaired) electrons. The molecule has 1 aliphatic rings. The van der Waals surface area contributed by atoms with Gasteiger partial charge in [-0.1, -0.05) is 18.2 Å². The zero-order valence-electron chi connectivity index (χ0n) is 13.9. The minimum absolute atomic E-state index is 0.146. The number of likely N-dealkylation sites (N-methyl/N-ethyl adjacent to an activating group) is 1. The maximum absolute atomic E-state index is 12.2. The summed E-state index contributed by atoms with van der Waals surface area (Å²) in [5.41, 5.74) is 0.915. The molecule has 0 atom stereocenters. The predicted octanol–water partition coefficient (Wildman–Crippen LogP) is 2.66. The largest absolute Gasteiger partial charge is 0.457 e. The van der Waals surface area contributed by atoms with E-state index >= 15 is 0 Å². The molecule has 0 unspecified atom stereocenters. The van der Waals surface area contributed by atoms with Crippen molar-refractivity contribution in [2.75, 3.05) is 45.1 Å². The number of nitrogens with zero attached hydrogens (tertiary/aromatic N) is 2. The van der Waals surface area contributed by atoms with E-state index in [1.807, 2.05) is 59.5 Å². The molecule has 0 aromatic heterocycles. The van der Waals surface area contributed by atoms with Crippen molar-refractivity contribution < 1.29 is 9.53 Å². The molecule has 3 rings (SSSR count). The smallest absolute Gasteiger partial charge is 0.241 e. The Morgan fingerprint density at radius 3 is 2.25 bits per heavy atom. The van der Waals surface area contributed by atoms with E-state index in [-0.39, 0.29) is 5.91 Å². The Kier molecular flexibility index (Phi) is 5.33.